The summed E-state index contributed by atoms with van der Waals surface area (Å²) in [5.74, 6) is -0.158. The van der Waals surface area contributed by atoms with E-state index in [9.17, 15) is 4.39 Å². The molecule has 0 spiro atoms. The molecule has 0 saturated heterocycles. The molecule has 4 heteroatoms. The van der Waals surface area contributed by atoms with Gasteiger partial charge in [0, 0.05) is 0 Å². The molecule has 0 bridgehead atoms. The second-order valence-electron chi connectivity index (χ2n) is 4.66. The first kappa shape index (κ1) is 13.2. The lowest BCUT2D eigenvalue weighted by atomic mass is 10.1. The molecule has 1 aromatic heterocycles. The third-order valence-corrected chi connectivity index (χ3v) is 4.49. The van der Waals surface area contributed by atoms with E-state index in [1.54, 1.807) is 17.4 Å². The number of nitrogens with zero attached hydrogens (tertiary/aromatic N) is 1. The Balaban J connectivity index is 1.91. The van der Waals surface area contributed by atoms with Gasteiger partial charge in [0.05, 0.1) is 16.3 Å². The molecule has 1 heterocycles. The fourth-order valence-electron chi connectivity index (χ4n) is 2.24. The van der Waals surface area contributed by atoms with Crippen LogP contribution in [0.15, 0.2) is 48.5 Å². The number of hydrogen-bond acceptors (Lipinski definition) is 3. The molecule has 1 unspecified atom stereocenters. The molecule has 0 amide bonds. The number of halogens is 1. The number of fused-ring (bicyclic) bond motifs is 1. The molecule has 2 aromatic carbocycles. The lowest BCUT2D eigenvalue weighted by Gasteiger charge is -2.13. The van der Waals surface area contributed by atoms with Gasteiger partial charge in [0.25, 0.3) is 0 Å². The standard InChI is InChI=1S/C16H15FN2S/c1-18-14(10-11-6-2-3-7-12(11)17)16-19-13-8-4-5-9-15(13)20-16/h2-9,14,18H,10H2,1H3. The Hall–Kier alpha value is -1.78. The van der Waals surface area contributed by atoms with Crippen LogP contribution in [0.1, 0.15) is 16.6 Å². The monoisotopic (exact) mass is 286 g/mol. The predicted molar refractivity (Wildman–Crippen MR) is 81.5 cm³/mol. The van der Waals surface area contributed by atoms with Crippen molar-refractivity contribution in [3.63, 3.8) is 0 Å². The summed E-state index contributed by atoms with van der Waals surface area (Å²) in [5.41, 5.74) is 1.72. The van der Waals surface area contributed by atoms with E-state index in [-0.39, 0.29) is 11.9 Å². The number of nitrogens with one attached hydrogen (secondary N) is 1. The van der Waals surface area contributed by atoms with Crippen molar-refractivity contribution in [3.05, 3.63) is 64.9 Å². The van der Waals surface area contributed by atoms with Gasteiger partial charge in [-0.2, -0.15) is 0 Å². The van der Waals surface area contributed by atoms with Crippen LogP contribution in [-0.4, -0.2) is 12.0 Å². The highest BCUT2D eigenvalue weighted by atomic mass is 32.1. The van der Waals surface area contributed by atoms with Gasteiger partial charge < -0.3 is 5.32 Å². The van der Waals surface area contributed by atoms with E-state index in [4.69, 9.17) is 0 Å². The van der Waals surface area contributed by atoms with Crippen molar-refractivity contribution < 1.29 is 4.39 Å². The van der Waals surface area contributed by atoms with Crippen molar-refractivity contribution in [1.82, 2.24) is 10.3 Å². The van der Waals surface area contributed by atoms with E-state index in [1.807, 2.05) is 37.4 Å². The first-order valence-corrected chi connectivity index (χ1v) is 7.35. The Morgan fingerprint density at radius 1 is 1.15 bits per heavy atom. The minimum atomic E-state index is -0.158. The fourth-order valence-corrected chi connectivity index (χ4v) is 3.31. The molecular formula is C16H15FN2S. The molecule has 0 saturated carbocycles. The molecule has 0 radical (unpaired) electrons. The van der Waals surface area contributed by atoms with Crippen LogP contribution in [0, 0.1) is 5.82 Å². The highest BCUT2D eigenvalue weighted by Crippen LogP contribution is 2.28. The van der Waals surface area contributed by atoms with E-state index in [0.717, 1.165) is 15.2 Å². The van der Waals surface area contributed by atoms with Crippen molar-refractivity contribution >= 4 is 21.6 Å². The number of aromatic nitrogens is 1. The highest BCUT2D eigenvalue weighted by molar-refractivity contribution is 7.18. The van der Waals surface area contributed by atoms with Gasteiger partial charge in [-0.1, -0.05) is 30.3 Å². The summed E-state index contributed by atoms with van der Waals surface area (Å²) in [6.07, 6.45) is 0.600. The summed E-state index contributed by atoms with van der Waals surface area (Å²) >= 11 is 1.66. The molecule has 0 fully saturated rings. The maximum absolute atomic E-state index is 13.8. The lowest BCUT2D eigenvalue weighted by Crippen LogP contribution is -2.19. The number of likely N-dealkylation sites (N-methyl/N-ethyl adjacent to an activating group) is 1. The van der Waals surface area contributed by atoms with Crippen molar-refractivity contribution in [1.29, 1.82) is 0 Å². The maximum atomic E-state index is 13.8. The maximum Gasteiger partial charge on any atom is 0.126 e. The Morgan fingerprint density at radius 2 is 1.90 bits per heavy atom. The molecule has 0 aliphatic carbocycles. The van der Waals surface area contributed by atoms with E-state index < -0.39 is 0 Å². The summed E-state index contributed by atoms with van der Waals surface area (Å²) < 4.78 is 14.9. The van der Waals surface area contributed by atoms with Crippen LogP contribution in [0.3, 0.4) is 0 Å². The molecule has 0 aliphatic heterocycles. The van der Waals surface area contributed by atoms with Gasteiger partial charge in [0.15, 0.2) is 0 Å². The minimum absolute atomic E-state index is 0.0318. The normalized spacial score (nSPS) is 12.7. The van der Waals surface area contributed by atoms with E-state index in [1.165, 1.54) is 6.07 Å². The number of para-hydroxylation sites is 1. The van der Waals surface area contributed by atoms with Crippen molar-refractivity contribution in [2.24, 2.45) is 0 Å². The van der Waals surface area contributed by atoms with Gasteiger partial charge >= 0.3 is 0 Å². The van der Waals surface area contributed by atoms with Crippen LogP contribution in [0.2, 0.25) is 0 Å². The quantitative estimate of drug-likeness (QED) is 0.786. The number of benzene rings is 2. The van der Waals surface area contributed by atoms with Crippen LogP contribution in [0.25, 0.3) is 10.2 Å². The van der Waals surface area contributed by atoms with Crippen LogP contribution >= 0.6 is 11.3 Å². The molecule has 1 atom stereocenters. The molecule has 3 rings (SSSR count). The predicted octanol–water partition coefficient (Wildman–Crippen LogP) is 3.94. The Kier molecular flexibility index (Phi) is 3.76. The molecule has 0 aliphatic rings. The smallest absolute Gasteiger partial charge is 0.126 e. The molecule has 102 valence electrons. The highest BCUT2D eigenvalue weighted by Gasteiger charge is 2.16. The van der Waals surface area contributed by atoms with E-state index in [2.05, 4.69) is 16.4 Å². The fraction of sp³-hybridized carbons (Fsp3) is 0.188. The minimum Gasteiger partial charge on any atom is -0.311 e. The Bertz CT molecular complexity index is 690. The van der Waals surface area contributed by atoms with Gasteiger partial charge in [-0.25, -0.2) is 9.37 Å². The van der Waals surface area contributed by atoms with Crippen LogP contribution in [-0.2, 0) is 6.42 Å². The Labute approximate surface area is 121 Å². The Morgan fingerprint density at radius 3 is 2.65 bits per heavy atom. The number of hydrogen-bond donors (Lipinski definition) is 1. The summed E-state index contributed by atoms with van der Waals surface area (Å²) in [7, 11) is 1.89. The van der Waals surface area contributed by atoms with Gasteiger partial charge in [-0.05, 0) is 37.2 Å². The average molecular weight is 286 g/mol. The van der Waals surface area contributed by atoms with E-state index >= 15 is 0 Å². The van der Waals surface area contributed by atoms with Crippen LogP contribution in [0.4, 0.5) is 4.39 Å². The number of thiazole rings is 1. The summed E-state index contributed by atoms with van der Waals surface area (Å²) in [4.78, 5) is 4.64. The zero-order valence-electron chi connectivity index (χ0n) is 11.1. The molecular weight excluding hydrogens is 271 g/mol. The summed E-state index contributed by atoms with van der Waals surface area (Å²) in [6.45, 7) is 0. The molecule has 20 heavy (non-hydrogen) atoms. The number of rotatable bonds is 4. The van der Waals surface area contributed by atoms with Crippen molar-refractivity contribution in [3.8, 4) is 0 Å². The van der Waals surface area contributed by atoms with E-state index in [0.29, 0.717) is 12.0 Å². The topological polar surface area (TPSA) is 24.9 Å². The first-order valence-electron chi connectivity index (χ1n) is 6.54. The SMILES string of the molecule is CNC(Cc1ccccc1F)c1nc2ccccc2s1. The zero-order chi connectivity index (χ0) is 13.9. The summed E-state index contributed by atoms with van der Waals surface area (Å²) in [5, 5.41) is 4.23. The third-order valence-electron chi connectivity index (χ3n) is 3.34. The van der Waals surface area contributed by atoms with Crippen LogP contribution < -0.4 is 5.32 Å². The van der Waals surface area contributed by atoms with Crippen LogP contribution in [0.5, 0.6) is 0 Å². The summed E-state index contributed by atoms with van der Waals surface area (Å²) in [6, 6.07) is 15.0. The third kappa shape index (κ3) is 2.57. The second kappa shape index (κ2) is 5.69. The average Bonchev–Trinajstić information content (AvgIpc) is 2.90. The molecule has 3 aromatic rings. The molecule has 2 nitrogen and oxygen atoms in total. The zero-order valence-corrected chi connectivity index (χ0v) is 12.0. The van der Waals surface area contributed by atoms with Gasteiger partial charge in [0.1, 0.15) is 10.8 Å². The van der Waals surface area contributed by atoms with Gasteiger partial charge in [0.2, 0.25) is 0 Å². The lowest BCUT2D eigenvalue weighted by molar-refractivity contribution is 0.553. The first-order chi connectivity index (χ1) is 9.78. The largest absolute Gasteiger partial charge is 0.311 e. The van der Waals surface area contributed by atoms with Gasteiger partial charge in [-0.15, -0.1) is 11.3 Å². The second-order valence-corrected chi connectivity index (χ2v) is 5.72. The van der Waals surface area contributed by atoms with Crippen molar-refractivity contribution in [2.75, 3.05) is 7.05 Å². The van der Waals surface area contributed by atoms with Gasteiger partial charge in [-0.3, -0.25) is 0 Å². The van der Waals surface area contributed by atoms with Crippen molar-refractivity contribution in [2.45, 2.75) is 12.5 Å². The molecule has 1 N–H and O–H groups in total.